The van der Waals surface area contributed by atoms with Crippen LogP contribution in [0.5, 0.6) is 0 Å². The van der Waals surface area contributed by atoms with Crippen LogP contribution in [0.25, 0.3) is 0 Å². The van der Waals surface area contributed by atoms with Crippen molar-refractivity contribution in [2.75, 3.05) is 19.8 Å². The Labute approximate surface area is 119 Å². The van der Waals surface area contributed by atoms with Crippen molar-refractivity contribution < 1.29 is 26.7 Å². The Bertz CT molecular complexity index is 431. The predicted octanol–water partition coefficient (Wildman–Crippen LogP) is 3.18. The summed E-state index contributed by atoms with van der Waals surface area (Å²) in [5.41, 5.74) is 0.193. The second kappa shape index (κ2) is 8.23. The normalized spacial score (nSPS) is 13.7. The highest BCUT2D eigenvalue weighted by Gasteiger charge is 2.41. The van der Waals surface area contributed by atoms with Gasteiger partial charge in [-0.2, -0.15) is 8.78 Å². The number of rotatable bonds is 9. The molecule has 0 fully saturated rings. The number of aromatic nitrogens is 1. The Hall–Kier alpha value is -1.28. The first-order chi connectivity index (χ1) is 9.88. The molecule has 1 aromatic rings. The van der Waals surface area contributed by atoms with Crippen LogP contribution in [-0.2, 0) is 4.74 Å². The molecule has 8 heteroatoms. The van der Waals surface area contributed by atoms with E-state index in [0.717, 1.165) is 12.6 Å². The first kappa shape index (κ1) is 17.8. The van der Waals surface area contributed by atoms with Crippen LogP contribution in [0, 0.1) is 5.82 Å². The molecule has 0 amide bonds. The summed E-state index contributed by atoms with van der Waals surface area (Å²) in [5.74, 6) is -4.83. The second-order valence-corrected chi connectivity index (χ2v) is 4.48. The molecule has 21 heavy (non-hydrogen) atoms. The van der Waals surface area contributed by atoms with Gasteiger partial charge in [-0.05, 0) is 19.0 Å². The molecular weight excluding hydrogens is 295 g/mol. The van der Waals surface area contributed by atoms with Crippen molar-refractivity contribution in [2.24, 2.45) is 0 Å². The summed E-state index contributed by atoms with van der Waals surface area (Å²) >= 11 is 0. The molecule has 1 unspecified atom stereocenters. The molecule has 1 aromatic heterocycles. The second-order valence-electron chi connectivity index (χ2n) is 4.48. The van der Waals surface area contributed by atoms with Crippen molar-refractivity contribution in [1.82, 2.24) is 10.3 Å². The molecule has 0 aliphatic rings. The molecule has 120 valence electrons. The van der Waals surface area contributed by atoms with Gasteiger partial charge in [-0.3, -0.25) is 4.98 Å². The lowest BCUT2D eigenvalue weighted by atomic mass is 10.1. The van der Waals surface area contributed by atoms with Gasteiger partial charge in [0.25, 0.3) is 0 Å². The number of hydrogen-bond acceptors (Lipinski definition) is 3. The Balaban J connectivity index is 2.65. The third-order valence-corrected chi connectivity index (χ3v) is 2.72. The number of nitrogens with one attached hydrogen (secondary N) is 1. The van der Waals surface area contributed by atoms with Crippen LogP contribution in [0.3, 0.4) is 0 Å². The van der Waals surface area contributed by atoms with Gasteiger partial charge in [-0.1, -0.05) is 6.92 Å². The molecule has 0 bridgehead atoms. The number of halogens is 5. The molecule has 0 spiro atoms. The lowest BCUT2D eigenvalue weighted by Gasteiger charge is -2.21. The van der Waals surface area contributed by atoms with Gasteiger partial charge < -0.3 is 10.1 Å². The standard InChI is InChI=1S/C13H17F5N2O/c1-2-4-20-11(9-3-5-19-6-10(9)14)7-21-8-13(17,18)12(15)16/h3,5-6,11-12,20H,2,4,7-8H2,1H3. The van der Waals surface area contributed by atoms with Crippen LogP contribution >= 0.6 is 0 Å². The minimum absolute atomic E-state index is 0.193. The summed E-state index contributed by atoms with van der Waals surface area (Å²) < 4.78 is 67.8. The van der Waals surface area contributed by atoms with E-state index < -0.39 is 30.8 Å². The van der Waals surface area contributed by atoms with Gasteiger partial charge in [0.15, 0.2) is 0 Å². The van der Waals surface area contributed by atoms with Crippen LogP contribution < -0.4 is 5.32 Å². The number of hydrogen-bond donors (Lipinski definition) is 1. The van der Waals surface area contributed by atoms with Crippen molar-refractivity contribution in [2.45, 2.75) is 31.7 Å². The molecule has 1 N–H and O–H groups in total. The van der Waals surface area contributed by atoms with Crippen molar-refractivity contribution in [3.05, 3.63) is 29.8 Å². The fourth-order valence-corrected chi connectivity index (χ4v) is 1.62. The number of alkyl halides is 4. The molecular formula is C13H17F5N2O. The topological polar surface area (TPSA) is 34.1 Å². The molecule has 1 heterocycles. The Kier molecular flexibility index (Phi) is 6.97. The van der Waals surface area contributed by atoms with Crippen molar-refractivity contribution in [3.8, 4) is 0 Å². The van der Waals surface area contributed by atoms with E-state index >= 15 is 0 Å². The maximum Gasteiger partial charge on any atom is 0.330 e. The van der Waals surface area contributed by atoms with E-state index in [1.165, 1.54) is 12.3 Å². The maximum absolute atomic E-state index is 13.6. The molecule has 1 atom stereocenters. The van der Waals surface area contributed by atoms with Gasteiger partial charge in [-0.25, -0.2) is 13.2 Å². The SMILES string of the molecule is CCCNC(COCC(F)(F)C(F)F)c1ccncc1F. The smallest absolute Gasteiger partial charge is 0.330 e. The average molecular weight is 312 g/mol. The lowest BCUT2D eigenvalue weighted by molar-refractivity contribution is -0.167. The third-order valence-electron chi connectivity index (χ3n) is 2.72. The van der Waals surface area contributed by atoms with Crippen LogP contribution in [0.15, 0.2) is 18.5 Å². The monoisotopic (exact) mass is 312 g/mol. The van der Waals surface area contributed by atoms with Crippen molar-refractivity contribution >= 4 is 0 Å². The molecule has 3 nitrogen and oxygen atoms in total. The largest absolute Gasteiger partial charge is 0.373 e. The number of ether oxygens (including phenoxy) is 1. The van der Waals surface area contributed by atoms with E-state index in [1.54, 1.807) is 0 Å². The Morgan fingerprint density at radius 2 is 2.10 bits per heavy atom. The van der Waals surface area contributed by atoms with Gasteiger partial charge >= 0.3 is 12.3 Å². The van der Waals surface area contributed by atoms with Crippen LogP contribution in [0.2, 0.25) is 0 Å². The molecule has 0 aliphatic carbocycles. The number of nitrogens with zero attached hydrogens (tertiary/aromatic N) is 1. The summed E-state index contributed by atoms with van der Waals surface area (Å²) in [6, 6.07) is 0.679. The predicted molar refractivity (Wildman–Crippen MR) is 67.0 cm³/mol. The molecule has 0 aromatic carbocycles. The quantitative estimate of drug-likeness (QED) is 0.711. The van der Waals surface area contributed by atoms with Crippen LogP contribution in [-0.4, -0.2) is 37.1 Å². The molecule has 0 saturated carbocycles. The zero-order valence-electron chi connectivity index (χ0n) is 11.5. The van der Waals surface area contributed by atoms with E-state index in [-0.39, 0.29) is 12.2 Å². The number of pyridine rings is 1. The van der Waals surface area contributed by atoms with Gasteiger partial charge in [0.1, 0.15) is 12.4 Å². The molecule has 0 saturated heterocycles. The summed E-state index contributed by atoms with van der Waals surface area (Å²) in [5, 5.41) is 2.92. The van der Waals surface area contributed by atoms with Gasteiger partial charge in [0, 0.05) is 11.8 Å². The summed E-state index contributed by atoms with van der Waals surface area (Å²) in [6.45, 7) is 0.616. The van der Waals surface area contributed by atoms with E-state index in [4.69, 9.17) is 0 Å². The van der Waals surface area contributed by atoms with Gasteiger partial charge in [0.2, 0.25) is 0 Å². The van der Waals surface area contributed by atoms with Crippen LogP contribution in [0.1, 0.15) is 24.9 Å². The highest BCUT2D eigenvalue weighted by molar-refractivity contribution is 5.17. The van der Waals surface area contributed by atoms with Gasteiger partial charge in [0.05, 0.1) is 18.8 Å². The van der Waals surface area contributed by atoms with E-state index in [9.17, 15) is 22.0 Å². The molecule has 0 aliphatic heterocycles. The van der Waals surface area contributed by atoms with Crippen molar-refractivity contribution in [1.29, 1.82) is 0 Å². The van der Waals surface area contributed by atoms with Crippen molar-refractivity contribution in [3.63, 3.8) is 0 Å². The summed E-state index contributed by atoms with van der Waals surface area (Å²) in [4.78, 5) is 3.59. The fraction of sp³-hybridized carbons (Fsp3) is 0.615. The first-order valence-electron chi connectivity index (χ1n) is 6.45. The highest BCUT2D eigenvalue weighted by atomic mass is 19.3. The fourth-order valence-electron chi connectivity index (χ4n) is 1.62. The Morgan fingerprint density at radius 3 is 2.67 bits per heavy atom. The van der Waals surface area contributed by atoms with E-state index in [0.29, 0.717) is 6.54 Å². The van der Waals surface area contributed by atoms with Gasteiger partial charge in [-0.15, -0.1) is 0 Å². The molecule has 0 radical (unpaired) electrons. The third kappa shape index (κ3) is 5.55. The van der Waals surface area contributed by atoms with E-state index in [1.807, 2.05) is 6.92 Å². The summed E-state index contributed by atoms with van der Waals surface area (Å²) in [7, 11) is 0. The maximum atomic E-state index is 13.6. The zero-order valence-corrected chi connectivity index (χ0v) is 11.5. The highest BCUT2D eigenvalue weighted by Crippen LogP contribution is 2.24. The minimum atomic E-state index is -4.22. The first-order valence-corrected chi connectivity index (χ1v) is 6.45. The van der Waals surface area contributed by atoms with Crippen LogP contribution in [0.4, 0.5) is 22.0 Å². The summed E-state index contributed by atoms with van der Waals surface area (Å²) in [6.07, 6.45) is -0.718. The lowest BCUT2D eigenvalue weighted by Crippen LogP contribution is -2.35. The average Bonchev–Trinajstić information content (AvgIpc) is 2.43. The Morgan fingerprint density at radius 1 is 1.38 bits per heavy atom. The zero-order chi connectivity index (χ0) is 15.9. The molecule has 1 rings (SSSR count). The minimum Gasteiger partial charge on any atom is -0.373 e. The van der Waals surface area contributed by atoms with E-state index in [2.05, 4.69) is 15.0 Å².